The zero-order valence-corrected chi connectivity index (χ0v) is 12.0. The molecule has 0 fully saturated rings. The first-order chi connectivity index (χ1) is 8.17. The molecule has 17 heavy (non-hydrogen) atoms. The number of Topliss-reactive ketones (excluding diaryl/α,β-unsaturated/α-hetero) is 1. The Morgan fingerprint density at radius 2 is 1.94 bits per heavy atom. The van der Waals surface area contributed by atoms with Crippen molar-refractivity contribution in [2.45, 2.75) is 37.9 Å². The minimum Gasteiger partial charge on any atom is -0.494 e. The quantitative estimate of drug-likeness (QED) is 0.717. The summed E-state index contributed by atoms with van der Waals surface area (Å²) in [5, 5.41) is 0. The molecule has 0 saturated heterocycles. The van der Waals surface area contributed by atoms with Crippen molar-refractivity contribution < 1.29 is 9.53 Å². The third kappa shape index (κ3) is 4.90. The Bertz CT molecular complexity index is 346. The molecule has 1 atom stereocenters. The molecule has 0 aliphatic carbocycles. The van der Waals surface area contributed by atoms with Crippen molar-refractivity contribution in [2.75, 3.05) is 6.61 Å². The summed E-state index contributed by atoms with van der Waals surface area (Å²) in [5.74, 6) is 1.16. The number of ketones is 1. The summed E-state index contributed by atoms with van der Waals surface area (Å²) >= 11 is 3.45. The van der Waals surface area contributed by atoms with Gasteiger partial charge in [-0.3, -0.25) is 4.79 Å². The zero-order chi connectivity index (χ0) is 12.7. The van der Waals surface area contributed by atoms with Crippen LogP contribution in [-0.2, 0) is 11.2 Å². The van der Waals surface area contributed by atoms with Gasteiger partial charge in [0.15, 0.2) is 0 Å². The van der Waals surface area contributed by atoms with Gasteiger partial charge in [-0.05, 0) is 37.5 Å². The van der Waals surface area contributed by atoms with E-state index in [-0.39, 0.29) is 10.6 Å². The van der Waals surface area contributed by atoms with Crippen LogP contribution in [0.25, 0.3) is 0 Å². The van der Waals surface area contributed by atoms with Crippen molar-refractivity contribution in [1.29, 1.82) is 0 Å². The molecule has 0 aliphatic heterocycles. The SMILES string of the molecule is CCCC(=O)C(Br)Cc1ccc(OCC)cc1. The smallest absolute Gasteiger partial charge is 0.146 e. The van der Waals surface area contributed by atoms with Gasteiger partial charge in [0.1, 0.15) is 11.5 Å². The van der Waals surface area contributed by atoms with E-state index >= 15 is 0 Å². The van der Waals surface area contributed by atoms with E-state index in [1.165, 1.54) is 0 Å². The van der Waals surface area contributed by atoms with Gasteiger partial charge in [0, 0.05) is 6.42 Å². The molecular formula is C14H19BrO2. The Hall–Kier alpha value is -0.830. The molecule has 1 rings (SSSR count). The van der Waals surface area contributed by atoms with Crippen molar-refractivity contribution >= 4 is 21.7 Å². The highest BCUT2D eigenvalue weighted by molar-refractivity contribution is 9.10. The lowest BCUT2D eigenvalue weighted by molar-refractivity contribution is -0.118. The molecule has 0 saturated carbocycles. The van der Waals surface area contributed by atoms with Crippen LogP contribution in [0.15, 0.2) is 24.3 Å². The van der Waals surface area contributed by atoms with E-state index in [1.807, 2.05) is 38.1 Å². The predicted octanol–water partition coefficient (Wildman–Crippen LogP) is 3.76. The van der Waals surface area contributed by atoms with Gasteiger partial charge in [0.25, 0.3) is 0 Å². The largest absolute Gasteiger partial charge is 0.494 e. The summed E-state index contributed by atoms with van der Waals surface area (Å²) in [4.78, 5) is 11.6. The highest BCUT2D eigenvalue weighted by Crippen LogP contribution is 2.17. The summed E-state index contributed by atoms with van der Waals surface area (Å²) < 4.78 is 5.37. The van der Waals surface area contributed by atoms with Gasteiger partial charge in [0.05, 0.1) is 11.4 Å². The Morgan fingerprint density at radius 3 is 2.47 bits per heavy atom. The molecule has 0 amide bonds. The van der Waals surface area contributed by atoms with Crippen LogP contribution in [0.4, 0.5) is 0 Å². The number of halogens is 1. The topological polar surface area (TPSA) is 26.3 Å². The number of hydrogen-bond donors (Lipinski definition) is 0. The van der Waals surface area contributed by atoms with E-state index in [0.29, 0.717) is 13.0 Å². The van der Waals surface area contributed by atoms with Crippen molar-refractivity contribution in [3.05, 3.63) is 29.8 Å². The van der Waals surface area contributed by atoms with Gasteiger partial charge in [0.2, 0.25) is 0 Å². The molecule has 0 aromatic heterocycles. The van der Waals surface area contributed by atoms with Crippen molar-refractivity contribution in [2.24, 2.45) is 0 Å². The maximum Gasteiger partial charge on any atom is 0.146 e. The van der Waals surface area contributed by atoms with E-state index in [9.17, 15) is 4.79 Å². The second-order valence-electron chi connectivity index (χ2n) is 3.96. The van der Waals surface area contributed by atoms with Crippen LogP contribution in [0.3, 0.4) is 0 Å². The third-order valence-corrected chi connectivity index (χ3v) is 3.33. The molecule has 0 bridgehead atoms. The lowest BCUT2D eigenvalue weighted by atomic mass is 10.1. The predicted molar refractivity (Wildman–Crippen MR) is 73.9 cm³/mol. The van der Waals surface area contributed by atoms with Crippen LogP contribution in [-0.4, -0.2) is 17.2 Å². The molecule has 1 aromatic carbocycles. The van der Waals surface area contributed by atoms with Gasteiger partial charge in [-0.2, -0.15) is 0 Å². The van der Waals surface area contributed by atoms with Gasteiger partial charge in [-0.15, -0.1) is 0 Å². The average Bonchev–Trinajstić information content (AvgIpc) is 2.32. The summed E-state index contributed by atoms with van der Waals surface area (Å²) in [5.41, 5.74) is 1.15. The number of carbonyl (C=O) groups is 1. The van der Waals surface area contributed by atoms with Crippen molar-refractivity contribution in [3.8, 4) is 5.75 Å². The Kier molecular flexibility index (Phi) is 6.27. The maximum absolute atomic E-state index is 11.6. The standard InChI is InChI=1S/C14H19BrO2/c1-3-5-14(16)13(15)10-11-6-8-12(9-7-11)17-4-2/h6-9,13H,3-5,10H2,1-2H3. The first kappa shape index (κ1) is 14.2. The summed E-state index contributed by atoms with van der Waals surface area (Å²) in [6.45, 7) is 4.66. The summed E-state index contributed by atoms with van der Waals surface area (Å²) in [6.07, 6.45) is 2.29. The molecule has 0 radical (unpaired) electrons. The molecule has 0 spiro atoms. The number of ether oxygens (including phenoxy) is 1. The number of alkyl halides is 1. The molecule has 1 unspecified atom stereocenters. The van der Waals surface area contributed by atoms with Crippen LogP contribution in [0.2, 0.25) is 0 Å². The highest BCUT2D eigenvalue weighted by atomic mass is 79.9. The Labute approximate surface area is 111 Å². The Morgan fingerprint density at radius 1 is 1.29 bits per heavy atom. The molecule has 1 aromatic rings. The average molecular weight is 299 g/mol. The van der Waals surface area contributed by atoms with E-state index in [0.717, 1.165) is 24.2 Å². The highest BCUT2D eigenvalue weighted by Gasteiger charge is 2.14. The second-order valence-corrected chi connectivity index (χ2v) is 5.07. The lowest BCUT2D eigenvalue weighted by Crippen LogP contribution is -2.16. The molecule has 94 valence electrons. The van der Waals surface area contributed by atoms with Crippen molar-refractivity contribution in [3.63, 3.8) is 0 Å². The maximum atomic E-state index is 11.6. The normalized spacial score (nSPS) is 12.2. The number of benzene rings is 1. The molecule has 2 nitrogen and oxygen atoms in total. The summed E-state index contributed by atoms with van der Waals surface area (Å²) in [6, 6.07) is 7.92. The van der Waals surface area contributed by atoms with E-state index in [1.54, 1.807) is 0 Å². The van der Waals surface area contributed by atoms with Gasteiger partial charge in [-0.25, -0.2) is 0 Å². The minimum absolute atomic E-state index is 0.0691. The second kappa shape index (κ2) is 7.49. The van der Waals surface area contributed by atoms with Crippen LogP contribution >= 0.6 is 15.9 Å². The molecule has 0 N–H and O–H groups in total. The van der Waals surface area contributed by atoms with E-state index < -0.39 is 0 Å². The first-order valence-electron chi connectivity index (χ1n) is 6.05. The number of rotatable bonds is 7. The van der Waals surface area contributed by atoms with Gasteiger partial charge in [-0.1, -0.05) is 35.0 Å². The first-order valence-corrected chi connectivity index (χ1v) is 6.97. The molecule has 3 heteroatoms. The fourth-order valence-electron chi connectivity index (χ4n) is 1.61. The van der Waals surface area contributed by atoms with E-state index in [2.05, 4.69) is 15.9 Å². The number of carbonyl (C=O) groups excluding carboxylic acids is 1. The van der Waals surface area contributed by atoms with E-state index in [4.69, 9.17) is 4.74 Å². The van der Waals surface area contributed by atoms with Crippen LogP contribution in [0, 0.1) is 0 Å². The zero-order valence-electron chi connectivity index (χ0n) is 10.4. The molecule has 0 aliphatic rings. The van der Waals surface area contributed by atoms with Crippen LogP contribution < -0.4 is 4.74 Å². The van der Waals surface area contributed by atoms with Crippen molar-refractivity contribution in [1.82, 2.24) is 0 Å². The van der Waals surface area contributed by atoms with Crippen LogP contribution in [0.1, 0.15) is 32.3 Å². The van der Waals surface area contributed by atoms with Crippen LogP contribution in [0.5, 0.6) is 5.75 Å². The molecular weight excluding hydrogens is 280 g/mol. The summed E-state index contributed by atoms with van der Waals surface area (Å²) in [7, 11) is 0. The number of hydrogen-bond acceptors (Lipinski definition) is 2. The van der Waals surface area contributed by atoms with Gasteiger partial charge < -0.3 is 4.74 Å². The Balaban J connectivity index is 2.53. The molecule has 0 heterocycles. The van der Waals surface area contributed by atoms with Gasteiger partial charge >= 0.3 is 0 Å². The fourth-order valence-corrected chi connectivity index (χ4v) is 2.21. The minimum atomic E-state index is -0.0691. The lowest BCUT2D eigenvalue weighted by Gasteiger charge is -2.09. The third-order valence-electron chi connectivity index (χ3n) is 2.50. The fraction of sp³-hybridized carbons (Fsp3) is 0.500. The monoisotopic (exact) mass is 298 g/mol.